The fraction of sp³-hybridized carbons (Fsp3) is 0.250. The Morgan fingerprint density at radius 1 is 1.14 bits per heavy atom. The Labute approximate surface area is 171 Å². The van der Waals surface area contributed by atoms with Crippen molar-refractivity contribution in [2.75, 3.05) is 28.7 Å². The van der Waals surface area contributed by atoms with Crippen LogP contribution in [0.1, 0.15) is 13.8 Å². The molecule has 0 radical (unpaired) electrons. The number of ether oxygens (including phenoxy) is 1. The summed E-state index contributed by atoms with van der Waals surface area (Å²) in [5.41, 5.74) is 1.67. The smallest absolute Gasteiger partial charge is 0.265 e. The quantitative estimate of drug-likeness (QED) is 0.737. The van der Waals surface area contributed by atoms with Crippen molar-refractivity contribution in [2.24, 2.45) is 5.92 Å². The molecule has 0 saturated heterocycles. The van der Waals surface area contributed by atoms with Crippen LogP contribution in [0.4, 0.5) is 17.1 Å². The summed E-state index contributed by atoms with van der Waals surface area (Å²) in [5, 5.41) is 5.55. The topological polar surface area (TPSA) is 87.7 Å². The summed E-state index contributed by atoms with van der Waals surface area (Å²) in [6.07, 6.45) is 0. The molecule has 0 fully saturated rings. The molecule has 28 heavy (non-hydrogen) atoms. The molecule has 1 heterocycles. The van der Waals surface area contributed by atoms with Gasteiger partial charge in [0.05, 0.1) is 5.69 Å². The van der Waals surface area contributed by atoms with E-state index in [1.807, 2.05) is 0 Å². The number of nitrogens with zero attached hydrogens (tertiary/aromatic N) is 1. The van der Waals surface area contributed by atoms with Gasteiger partial charge in [-0.05, 0) is 36.4 Å². The first-order chi connectivity index (χ1) is 13.3. The summed E-state index contributed by atoms with van der Waals surface area (Å²) in [4.78, 5) is 38.0. The Kier molecular flexibility index (Phi) is 5.99. The molecule has 2 aromatic rings. The van der Waals surface area contributed by atoms with E-state index in [2.05, 4.69) is 26.6 Å². The van der Waals surface area contributed by atoms with Crippen LogP contribution in [0, 0.1) is 5.92 Å². The highest BCUT2D eigenvalue weighted by Crippen LogP contribution is 2.34. The van der Waals surface area contributed by atoms with E-state index in [4.69, 9.17) is 4.74 Å². The molecule has 0 saturated carbocycles. The highest BCUT2D eigenvalue weighted by Gasteiger charge is 2.27. The van der Waals surface area contributed by atoms with Crippen molar-refractivity contribution in [2.45, 2.75) is 13.8 Å². The maximum Gasteiger partial charge on any atom is 0.265 e. The van der Waals surface area contributed by atoms with Gasteiger partial charge in [0.15, 0.2) is 6.61 Å². The predicted octanol–water partition coefficient (Wildman–Crippen LogP) is 3.41. The first-order valence-electron chi connectivity index (χ1n) is 8.77. The molecule has 1 aliphatic rings. The second kappa shape index (κ2) is 8.43. The normalized spacial score (nSPS) is 13.0. The van der Waals surface area contributed by atoms with Crippen molar-refractivity contribution in [1.82, 2.24) is 0 Å². The van der Waals surface area contributed by atoms with E-state index in [0.717, 1.165) is 4.47 Å². The van der Waals surface area contributed by atoms with Gasteiger partial charge in [0.1, 0.15) is 12.3 Å². The van der Waals surface area contributed by atoms with E-state index < -0.39 is 0 Å². The number of fused-ring (bicyclic) bond motifs is 1. The van der Waals surface area contributed by atoms with Gasteiger partial charge in [-0.3, -0.25) is 19.3 Å². The van der Waals surface area contributed by atoms with Crippen molar-refractivity contribution in [3.63, 3.8) is 0 Å². The van der Waals surface area contributed by atoms with Gasteiger partial charge in [0.25, 0.3) is 5.91 Å². The minimum absolute atomic E-state index is 0.106. The molecule has 0 unspecified atom stereocenters. The van der Waals surface area contributed by atoms with Crippen LogP contribution in [-0.4, -0.2) is 30.9 Å². The van der Waals surface area contributed by atoms with Gasteiger partial charge >= 0.3 is 0 Å². The molecule has 0 atom stereocenters. The van der Waals surface area contributed by atoms with Crippen molar-refractivity contribution in [3.8, 4) is 5.75 Å². The number of nitrogens with one attached hydrogen (secondary N) is 2. The van der Waals surface area contributed by atoms with Crippen LogP contribution in [0.2, 0.25) is 0 Å². The van der Waals surface area contributed by atoms with Crippen LogP contribution < -0.4 is 20.3 Å². The molecule has 7 nitrogen and oxygen atoms in total. The lowest BCUT2D eigenvalue weighted by atomic mass is 10.2. The molecule has 0 aliphatic carbocycles. The molecule has 0 aromatic heterocycles. The molecule has 1 aliphatic heterocycles. The zero-order valence-electron chi connectivity index (χ0n) is 15.5. The first-order valence-corrected chi connectivity index (χ1v) is 9.56. The maximum absolute atomic E-state index is 12.5. The third kappa shape index (κ3) is 4.69. The standard InChI is InChI=1S/C20H20BrN3O4/c1-12(2)20(27)23-15-5-3-4-14(9-15)22-18(25)10-24-16-7-6-13(21)8-17(16)28-11-19(24)26/h3-9,12H,10-11H2,1-2H3,(H,22,25)(H,23,27). The Balaban J connectivity index is 1.69. The highest BCUT2D eigenvalue weighted by atomic mass is 79.9. The molecule has 3 rings (SSSR count). The van der Waals surface area contributed by atoms with Crippen LogP contribution >= 0.6 is 15.9 Å². The number of amides is 3. The van der Waals surface area contributed by atoms with Crippen LogP contribution in [0.25, 0.3) is 0 Å². The number of hydrogen-bond acceptors (Lipinski definition) is 4. The van der Waals surface area contributed by atoms with Crippen LogP contribution in [-0.2, 0) is 14.4 Å². The number of carbonyl (C=O) groups excluding carboxylic acids is 3. The van der Waals surface area contributed by atoms with E-state index in [0.29, 0.717) is 22.8 Å². The Bertz CT molecular complexity index is 929. The monoisotopic (exact) mass is 445 g/mol. The summed E-state index contributed by atoms with van der Waals surface area (Å²) < 4.78 is 6.25. The van der Waals surface area contributed by atoms with Gasteiger partial charge in [-0.2, -0.15) is 0 Å². The number of benzene rings is 2. The minimum atomic E-state index is -0.351. The molecule has 3 amide bonds. The average molecular weight is 446 g/mol. The van der Waals surface area contributed by atoms with E-state index in [-0.39, 0.29) is 36.8 Å². The van der Waals surface area contributed by atoms with Gasteiger partial charge in [-0.25, -0.2) is 0 Å². The van der Waals surface area contributed by atoms with Crippen molar-refractivity contribution < 1.29 is 19.1 Å². The van der Waals surface area contributed by atoms with Gasteiger partial charge in [0, 0.05) is 21.8 Å². The third-order valence-electron chi connectivity index (χ3n) is 4.10. The fourth-order valence-corrected chi connectivity index (χ4v) is 3.00. The van der Waals surface area contributed by atoms with Gasteiger partial charge in [0.2, 0.25) is 11.8 Å². The SMILES string of the molecule is CC(C)C(=O)Nc1cccc(NC(=O)CN2C(=O)COc3cc(Br)ccc32)c1. The predicted molar refractivity (Wildman–Crippen MR) is 111 cm³/mol. The second-order valence-corrected chi connectivity index (χ2v) is 7.57. The summed E-state index contributed by atoms with van der Waals surface area (Å²) in [6.45, 7) is 3.35. The molecular formula is C20H20BrN3O4. The largest absolute Gasteiger partial charge is 0.482 e. The second-order valence-electron chi connectivity index (χ2n) is 6.65. The minimum Gasteiger partial charge on any atom is -0.482 e. The fourth-order valence-electron chi connectivity index (χ4n) is 2.66. The molecule has 2 N–H and O–H groups in total. The Hall–Kier alpha value is -2.87. The number of halogens is 1. The van der Waals surface area contributed by atoms with Gasteiger partial charge in [-0.1, -0.05) is 35.8 Å². The lowest BCUT2D eigenvalue weighted by molar-refractivity contribution is -0.123. The lowest BCUT2D eigenvalue weighted by Gasteiger charge is -2.29. The maximum atomic E-state index is 12.5. The number of hydrogen-bond donors (Lipinski definition) is 2. The highest BCUT2D eigenvalue weighted by molar-refractivity contribution is 9.10. The number of carbonyl (C=O) groups is 3. The molecule has 0 bridgehead atoms. The zero-order valence-corrected chi connectivity index (χ0v) is 17.1. The van der Waals surface area contributed by atoms with Crippen molar-refractivity contribution >= 4 is 50.7 Å². The molecular weight excluding hydrogens is 426 g/mol. The molecule has 0 spiro atoms. The van der Waals surface area contributed by atoms with Crippen LogP contribution in [0.3, 0.4) is 0 Å². The van der Waals surface area contributed by atoms with Crippen LogP contribution in [0.15, 0.2) is 46.9 Å². The molecule has 8 heteroatoms. The molecule has 2 aromatic carbocycles. The number of anilines is 3. The van der Waals surface area contributed by atoms with Crippen molar-refractivity contribution in [1.29, 1.82) is 0 Å². The summed E-state index contributed by atoms with van der Waals surface area (Å²) in [5.74, 6) is -0.351. The van der Waals surface area contributed by atoms with Crippen molar-refractivity contribution in [3.05, 3.63) is 46.9 Å². The van der Waals surface area contributed by atoms with Crippen LogP contribution in [0.5, 0.6) is 5.75 Å². The zero-order chi connectivity index (χ0) is 20.3. The first kappa shape index (κ1) is 19.9. The Morgan fingerprint density at radius 3 is 2.57 bits per heavy atom. The Morgan fingerprint density at radius 2 is 1.86 bits per heavy atom. The van der Waals surface area contributed by atoms with Gasteiger partial charge < -0.3 is 15.4 Å². The van der Waals surface area contributed by atoms with E-state index in [9.17, 15) is 14.4 Å². The third-order valence-corrected chi connectivity index (χ3v) is 4.60. The average Bonchev–Trinajstić information content (AvgIpc) is 2.64. The van der Waals surface area contributed by atoms with E-state index >= 15 is 0 Å². The summed E-state index contributed by atoms with van der Waals surface area (Å²) >= 11 is 3.36. The van der Waals surface area contributed by atoms with E-state index in [1.54, 1.807) is 56.3 Å². The molecule has 146 valence electrons. The number of rotatable bonds is 5. The van der Waals surface area contributed by atoms with Gasteiger partial charge in [-0.15, -0.1) is 0 Å². The summed E-state index contributed by atoms with van der Waals surface area (Å²) in [7, 11) is 0. The van der Waals surface area contributed by atoms with E-state index in [1.165, 1.54) is 4.90 Å². The summed E-state index contributed by atoms with van der Waals surface area (Å²) in [6, 6.07) is 12.1. The lowest BCUT2D eigenvalue weighted by Crippen LogP contribution is -2.43.